The molecule has 148 valence electrons. The van der Waals surface area contributed by atoms with Crippen molar-refractivity contribution in [1.29, 1.82) is 0 Å². The van der Waals surface area contributed by atoms with Gasteiger partial charge in [-0.3, -0.25) is 4.79 Å². The van der Waals surface area contributed by atoms with E-state index in [-0.39, 0.29) is 29.8 Å². The number of phenolic OH excluding ortho intramolecular Hbond substituents is 1. The van der Waals surface area contributed by atoms with E-state index in [1.807, 2.05) is 42.5 Å². The van der Waals surface area contributed by atoms with Gasteiger partial charge in [-0.1, -0.05) is 42.5 Å². The molecule has 0 saturated carbocycles. The van der Waals surface area contributed by atoms with Crippen molar-refractivity contribution in [1.82, 2.24) is 9.78 Å². The molecule has 1 atom stereocenters. The Balaban J connectivity index is 1.76. The van der Waals surface area contributed by atoms with Gasteiger partial charge in [0.2, 0.25) is 5.91 Å². The number of phenols is 1. The summed E-state index contributed by atoms with van der Waals surface area (Å²) in [5.74, 6) is 0.0653. The maximum absolute atomic E-state index is 13.5. The average Bonchev–Trinajstić information content (AvgIpc) is 3.14. The number of carbonyl (C=O) groups is 1. The number of halogens is 1. The number of rotatable bonds is 3. The predicted molar refractivity (Wildman–Crippen MR) is 112 cm³/mol. The Morgan fingerprint density at radius 2 is 1.67 bits per heavy atom. The van der Waals surface area contributed by atoms with Crippen LogP contribution in [0.25, 0.3) is 16.9 Å². The summed E-state index contributed by atoms with van der Waals surface area (Å²) < 4.78 is 15.1. The number of aromatic nitrogens is 2. The van der Waals surface area contributed by atoms with E-state index >= 15 is 0 Å². The Hall–Kier alpha value is -3.93. The molecule has 0 saturated heterocycles. The highest BCUT2D eigenvalue weighted by atomic mass is 19.1. The number of fused-ring (bicyclic) bond motifs is 1. The summed E-state index contributed by atoms with van der Waals surface area (Å²) in [6.45, 7) is 0. The van der Waals surface area contributed by atoms with Crippen LogP contribution in [-0.4, -0.2) is 20.8 Å². The molecule has 0 aliphatic carbocycles. The second-order valence-electron chi connectivity index (χ2n) is 7.26. The Kier molecular flexibility index (Phi) is 4.32. The molecule has 1 aromatic heterocycles. The lowest BCUT2D eigenvalue weighted by Crippen LogP contribution is -2.24. The van der Waals surface area contributed by atoms with E-state index in [2.05, 4.69) is 5.32 Å². The SMILES string of the molecule is O=C1C[C@H](c2ccc(O)cc2)c2c(-c3ccccc3)nn(-c3ccc(F)cc3)c2N1. The average molecular weight is 399 g/mol. The number of amides is 1. The van der Waals surface area contributed by atoms with Gasteiger partial charge in [0.15, 0.2) is 0 Å². The number of nitrogens with one attached hydrogen (secondary N) is 1. The molecule has 0 bridgehead atoms. The summed E-state index contributed by atoms with van der Waals surface area (Å²) in [5.41, 5.74) is 4.15. The van der Waals surface area contributed by atoms with Crippen molar-refractivity contribution in [2.75, 3.05) is 5.32 Å². The monoisotopic (exact) mass is 399 g/mol. The van der Waals surface area contributed by atoms with E-state index in [1.165, 1.54) is 12.1 Å². The molecule has 2 heterocycles. The molecule has 1 amide bonds. The number of hydrogen-bond donors (Lipinski definition) is 2. The van der Waals surface area contributed by atoms with Gasteiger partial charge in [0.25, 0.3) is 0 Å². The highest BCUT2D eigenvalue weighted by Crippen LogP contribution is 2.44. The number of nitrogens with zero attached hydrogens (tertiary/aromatic N) is 2. The molecule has 6 heteroatoms. The molecule has 30 heavy (non-hydrogen) atoms. The van der Waals surface area contributed by atoms with Crippen LogP contribution in [0.4, 0.5) is 10.2 Å². The minimum Gasteiger partial charge on any atom is -0.508 e. The van der Waals surface area contributed by atoms with Crippen molar-refractivity contribution < 1.29 is 14.3 Å². The van der Waals surface area contributed by atoms with Crippen LogP contribution >= 0.6 is 0 Å². The molecule has 1 aliphatic heterocycles. The fourth-order valence-electron chi connectivity index (χ4n) is 3.92. The third-order valence-corrected chi connectivity index (χ3v) is 5.33. The van der Waals surface area contributed by atoms with E-state index in [1.54, 1.807) is 28.9 Å². The number of aromatic hydroxyl groups is 1. The molecule has 0 unspecified atom stereocenters. The molecule has 4 aromatic rings. The largest absolute Gasteiger partial charge is 0.508 e. The van der Waals surface area contributed by atoms with Gasteiger partial charge >= 0.3 is 0 Å². The predicted octanol–water partition coefficient (Wildman–Crippen LogP) is 4.86. The summed E-state index contributed by atoms with van der Waals surface area (Å²) in [6, 6.07) is 22.7. The van der Waals surface area contributed by atoms with Crippen LogP contribution in [-0.2, 0) is 4.79 Å². The van der Waals surface area contributed by atoms with Crippen LogP contribution in [0.2, 0.25) is 0 Å². The van der Waals surface area contributed by atoms with Crippen molar-refractivity contribution in [2.24, 2.45) is 0 Å². The maximum atomic E-state index is 13.5. The Labute approximate surface area is 172 Å². The fraction of sp³-hybridized carbons (Fsp3) is 0.0833. The normalized spacial score (nSPS) is 15.5. The van der Waals surface area contributed by atoms with Gasteiger partial charge in [-0.05, 0) is 42.0 Å². The third-order valence-electron chi connectivity index (χ3n) is 5.33. The molecular weight excluding hydrogens is 381 g/mol. The van der Waals surface area contributed by atoms with E-state index in [4.69, 9.17) is 5.10 Å². The van der Waals surface area contributed by atoms with Gasteiger partial charge in [-0.15, -0.1) is 0 Å². The Bertz CT molecular complexity index is 1220. The third kappa shape index (κ3) is 3.12. The topological polar surface area (TPSA) is 67.1 Å². The van der Waals surface area contributed by atoms with Crippen LogP contribution < -0.4 is 5.32 Å². The lowest BCUT2D eigenvalue weighted by Gasteiger charge is -2.25. The summed E-state index contributed by atoms with van der Waals surface area (Å²) in [4.78, 5) is 12.6. The first-order valence-corrected chi connectivity index (χ1v) is 9.63. The standard InChI is InChI=1S/C24H18FN3O2/c25-17-8-10-18(11-9-17)28-24-22(23(27-28)16-4-2-1-3-5-16)20(14-21(30)26-24)15-6-12-19(29)13-7-15/h1-13,20,29H,14H2,(H,26,30)/t20-/m1/s1. The lowest BCUT2D eigenvalue weighted by atomic mass is 9.84. The second-order valence-corrected chi connectivity index (χ2v) is 7.26. The molecule has 3 aromatic carbocycles. The maximum Gasteiger partial charge on any atom is 0.226 e. The molecule has 0 fully saturated rings. The molecule has 0 spiro atoms. The van der Waals surface area contributed by atoms with Crippen LogP contribution in [0.3, 0.4) is 0 Å². The van der Waals surface area contributed by atoms with Crippen molar-refractivity contribution in [3.8, 4) is 22.7 Å². The summed E-state index contributed by atoms with van der Waals surface area (Å²) in [7, 11) is 0. The van der Waals surface area contributed by atoms with Crippen LogP contribution in [0.15, 0.2) is 78.9 Å². The Morgan fingerprint density at radius 3 is 2.37 bits per heavy atom. The number of benzene rings is 3. The van der Waals surface area contributed by atoms with Gasteiger partial charge in [0.05, 0.1) is 11.4 Å². The van der Waals surface area contributed by atoms with E-state index in [9.17, 15) is 14.3 Å². The van der Waals surface area contributed by atoms with Gasteiger partial charge in [0, 0.05) is 23.5 Å². The minimum absolute atomic E-state index is 0.122. The molecule has 2 N–H and O–H groups in total. The van der Waals surface area contributed by atoms with Crippen LogP contribution in [0.5, 0.6) is 5.75 Å². The van der Waals surface area contributed by atoms with Crippen molar-refractivity contribution in [2.45, 2.75) is 12.3 Å². The lowest BCUT2D eigenvalue weighted by molar-refractivity contribution is -0.116. The van der Waals surface area contributed by atoms with Gasteiger partial charge in [0.1, 0.15) is 17.4 Å². The van der Waals surface area contributed by atoms with Gasteiger partial charge in [-0.25, -0.2) is 9.07 Å². The van der Waals surface area contributed by atoms with E-state index in [0.717, 1.165) is 22.4 Å². The van der Waals surface area contributed by atoms with Crippen molar-refractivity contribution in [3.05, 3.63) is 95.8 Å². The first-order valence-electron chi connectivity index (χ1n) is 9.63. The highest BCUT2D eigenvalue weighted by molar-refractivity contribution is 5.96. The zero-order chi connectivity index (χ0) is 20.7. The Morgan fingerprint density at radius 1 is 0.967 bits per heavy atom. The summed E-state index contributed by atoms with van der Waals surface area (Å²) in [5, 5.41) is 17.5. The number of hydrogen-bond acceptors (Lipinski definition) is 3. The molecule has 5 rings (SSSR count). The van der Waals surface area contributed by atoms with Crippen LogP contribution in [0, 0.1) is 5.82 Å². The molecule has 0 radical (unpaired) electrons. The second kappa shape index (κ2) is 7.15. The van der Waals surface area contributed by atoms with Gasteiger partial charge in [-0.2, -0.15) is 5.10 Å². The van der Waals surface area contributed by atoms with Crippen molar-refractivity contribution in [3.63, 3.8) is 0 Å². The zero-order valence-electron chi connectivity index (χ0n) is 15.9. The molecule has 5 nitrogen and oxygen atoms in total. The quantitative estimate of drug-likeness (QED) is 0.517. The van der Waals surface area contributed by atoms with Crippen LogP contribution in [0.1, 0.15) is 23.5 Å². The summed E-state index contributed by atoms with van der Waals surface area (Å²) >= 11 is 0. The molecule has 1 aliphatic rings. The first kappa shape index (κ1) is 18.1. The fourth-order valence-corrected chi connectivity index (χ4v) is 3.92. The van der Waals surface area contributed by atoms with E-state index < -0.39 is 0 Å². The number of anilines is 1. The highest BCUT2D eigenvalue weighted by Gasteiger charge is 2.34. The number of carbonyl (C=O) groups excluding carboxylic acids is 1. The zero-order valence-corrected chi connectivity index (χ0v) is 15.9. The molecular formula is C24H18FN3O2. The summed E-state index contributed by atoms with van der Waals surface area (Å²) in [6.07, 6.45) is 0.271. The van der Waals surface area contributed by atoms with E-state index in [0.29, 0.717) is 11.5 Å². The van der Waals surface area contributed by atoms with Crippen molar-refractivity contribution >= 4 is 11.7 Å². The smallest absolute Gasteiger partial charge is 0.226 e. The minimum atomic E-state index is -0.339. The van der Waals surface area contributed by atoms with Gasteiger partial charge < -0.3 is 10.4 Å². The first-order chi connectivity index (χ1) is 14.6.